The minimum atomic E-state index is -0.385. The fourth-order valence-electron chi connectivity index (χ4n) is 3.15. The molecular formula is C15H23N3O2. The minimum Gasteiger partial charge on any atom is -0.367 e. The van der Waals surface area contributed by atoms with Gasteiger partial charge in [-0.15, -0.1) is 0 Å². The first-order chi connectivity index (χ1) is 9.49. The van der Waals surface area contributed by atoms with Gasteiger partial charge in [-0.1, -0.05) is 26.7 Å². The van der Waals surface area contributed by atoms with E-state index >= 15 is 0 Å². The Morgan fingerprint density at radius 2 is 2.05 bits per heavy atom. The number of rotatable bonds is 4. The lowest BCUT2D eigenvalue weighted by Gasteiger charge is -2.35. The molecule has 0 amide bonds. The van der Waals surface area contributed by atoms with E-state index in [0.29, 0.717) is 23.6 Å². The van der Waals surface area contributed by atoms with E-state index in [0.717, 1.165) is 12.2 Å². The SMILES string of the molecule is Cc1nc(NC2CCCCC2C(C)C)ccc1[N+](=O)[O-]. The first-order valence-electron chi connectivity index (χ1n) is 7.37. The minimum absolute atomic E-state index is 0.0830. The van der Waals surface area contributed by atoms with Gasteiger partial charge in [0.2, 0.25) is 0 Å². The van der Waals surface area contributed by atoms with Crippen LogP contribution in [0, 0.1) is 28.9 Å². The van der Waals surface area contributed by atoms with Crippen LogP contribution in [0.4, 0.5) is 11.5 Å². The molecule has 110 valence electrons. The summed E-state index contributed by atoms with van der Waals surface area (Å²) in [5.41, 5.74) is 0.552. The number of nitrogens with zero attached hydrogens (tertiary/aromatic N) is 2. The molecule has 5 heteroatoms. The predicted octanol–water partition coefficient (Wildman–Crippen LogP) is 3.92. The third-order valence-electron chi connectivity index (χ3n) is 4.26. The Hall–Kier alpha value is -1.65. The van der Waals surface area contributed by atoms with Crippen LogP contribution in [0.5, 0.6) is 0 Å². The number of pyridine rings is 1. The average Bonchev–Trinajstić information content (AvgIpc) is 2.38. The molecule has 2 unspecified atom stereocenters. The molecule has 0 spiro atoms. The van der Waals surface area contributed by atoms with Gasteiger partial charge in [-0.05, 0) is 37.7 Å². The second-order valence-electron chi connectivity index (χ2n) is 6.00. The van der Waals surface area contributed by atoms with Crippen LogP contribution >= 0.6 is 0 Å². The van der Waals surface area contributed by atoms with E-state index in [2.05, 4.69) is 24.1 Å². The van der Waals surface area contributed by atoms with Gasteiger partial charge in [0.15, 0.2) is 0 Å². The maximum absolute atomic E-state index is 10.8. The number of hydrogen-bond acceptors (Lipinski definition) is 4. The van der Waals surface area contributed by atoms with Gasteiger partial charge in [-0.25, -0.2) is 4.98 Å². The molecule has 0 aliphatic heterocycles. The van der Waals surface area contributed by atoms with Gasteiger partial charge in [-0.3, -0.25) is 10.1 Å². The van der Waals surface area contributed by atoms with E-state index in [1.165, 1.54) is 25.3 Å². The van der Waals surface area contributed by atoms with Crippen LogP contribution in [0.2, 0.25) is 0 Å². The van der Waals surface area contributed by atoms with Crippen molar-refractivity contribution in [1.82, 2.24) is 4.98 Å². The summed E-state index contributed by atoms with van der Waals surface area (Å²) in [6, 6.07) is 3.69. The van der Waals surface area contributed by atoms with Crippen LogP contribution in [0.25, 0.3) is 0 Å². The summed E-state index contributed by atoms with van der Waals surface area (Å²) >= 11 is 0. The zero-order chi connectivity index (χ0) is 14.7. The lowest BCUT2D eigenvalue weighted by Crippen LogP contribution is -2.35. The molecule has 20 heavy (non-hydrogen) atoms. The first kappa shape index (κ1) is 14.8. The molecule has 1 saturated carbocycles. The van der Waals surface area contributed by atoms with E-state index < -0.39 is 0 Å². The van der Waals surface area contributed by atoms with Gasteiger partial charge in [0.1, 0.15) is 11.5 Å². The zero-order valence-electron chi connectivity index (χ0n) is 12.4. The van der Waals surface area contributed by atoms with E-state index in [1.54, 1.807) is 13.0 Å². The third-order valence-corrected chi connectivity index (χ3v) is 4.26. The molecule has 1 aromatic heterocycles. The van der Waals surface area contributed by atoms with Crippen molar-refractivity contribution in [2.45, 2.75) is 52.5 Å². The van der Waals surface area contributed by atoms with Gasteiger partial charge in [0, 0.05) is 12.1 Å². The number of aromatic nitrogens is 1. The van der Waals surface area contributed by atoms with E-state index in [1.807, 2.05) is 0 Å². The van der Waals surface area contributed by atoms with Crippen molar-refractivity contribution < 1.29 is 4.92 Å². The Balaban J connectivity index is 2.12. The maximum atomic E-state index is 10.8. The van der Waals surface area contributed by atoms with Crippen molar-refractivity contribution in [2.24, 2.45) is 11.8 Å². The van der Waals surface area contributed by atoms with Crippen LogP contribution < -0.4 is 5.32 Å². The molecule has 2 atom stereocenters. The molecule has 0 radical (unpaired) electrons. The lowest BCUT2D eigenvalue weighted by molar-refractivity contribution is -0.385. The summed E-state index contributed by atoms with van der Waals surface area (Å²) in [5, 5.41) is 14.3. The summed E-state index contributed by atoms with van der Waals surface area (Å²) < 4.78 is 0. The molecule has 1 N–H and O–H groups in total. The summed E-state index contributed by atoms with van der Waals surface area (Å²) in [6.45, 7) is 6.21. The fourth-order valence-corrected chi connectivity index (χ4v) is 3.15. The van der Waals surface area contributed by atoms with Gasteiger partial charge < -0.3 is 5.32 Å². The molecule has 1 aliphatic rings. The first-order valence-corrected chi connectivity index (χ1v) is 7.37. The van der Waals surface area contributed by atoms with Crippen LogP contribution in [0.15, 0.2) is 12.1 Å². The predicted molar refractivity (Wildman–Crippen MR) is 79.8 cm³/mol. The Bertz CT molecular complexity index is 488. The summed E-state index contributed by atoms with van der Waals surface area (Å²) in [4.78, 5) is 14.8. The van der Waals surface area contributed by atoms with Crippen molar-refractivity contribution in [3.05, 3.63) is 27.9 Å². The third kappa shape index (κ3) is 3.26. The number of hydrogen-bond donors (Lipinski definition) is 1. The second-order valence-corrected chi connectivity index (χ2v) is 6.00. The molecule has 0 aromatic carbocycles. The van der Waals surface area contributed by atoms with Gasteiger partial charge in [0.25, 0.3) is 5.69 Å². The molecular weight excluding hydrogens is 254 g/mol. The Kier molecular flexibility index (Phi) is 4.57. The summed E-state index contributed by atoms with van der Waals surface area (Å²) in [5.74, 6) is 2.05. The van der Waals surface area contributed by atoms with Gasteiger partial charge in [0.05, 0.1) is 4.92 Å². The van der Waals surface area contributed by atoms with Crippen molar-refractivity contribution in [3.8, 4) is 0 Å². The van der Waals surface area contributed by atoms with Crippen molar-refractivity contribution >= 4 is 11.5 Å². The highest BCUT2D eigenvalue weighted by Gasteiger charge is 2.27. The highest BCUT2D eigenvalue weighted by atomic mass is 16.6. The molecule has 1 heterocycles. The monoisotopic (exact) mass is 277 g/mol. The fraction of sp³-hybridized carbons (Fsp3) is 0.667. The molecule has 0 bridgehead atoms. The van der Waals surface area contributed by atoms with Crippen molar-refractivity contribution in [3.63, 3.8) is 0 Å². The largest absolute Gasteiger partial charge is 0.367 e. The Labute approximate surface area is 119 Å². The number of anilines is 1. The summed E-state index contributed by atoms with van der Waals surface area (Å²) in [7, 11) is 0. The Morgan fingerprint density at radius 3 is 2.65 bits per heavy atom. The van der Waals surface area contributed by atoms with Gasteiger partial charge in [-0.2, -0.15) is 0 Å². The van der Waals surface area contributed by atoms with Crippen LogP contribution in [0.3, 0.4) is 0 Å². The smallest absolute Gasteiger partial charge is 0.290 e. The normalized spacial score (nSPS) is 22.8. The molecule has 1 fully saturated rings. The Morgan fingerprint density at radius 1 is 1.35 bits per heavy atom. The number of nitrogens with one attached hydrogen (secondary N) is 1. The standard InChI is InChI=1S/C15H23N3O2/c1-10(2)12-6-4-5-7-13(12)17-15-9-8-14(18(19)20)11(3)16-15/h8-10,12-13H,4-7H2,1-3H3,(H,16,17). The molecule has 2 rings (SSSR count). The lowest BCUT2D eigenvalue weighted by atomic mass is 9.78. The van der Waals surface area contributed by atoms with E-state index in [9.17, 15) is 10.1 Å². The average molecular weight is 277 g/mol. The quantitative estimate of drug-likeness (QED) is 0.669. The van der Waals surface area contributed by atoms with Crippen LogP contribution in [-0.2, 0) is 0 Å². The molecule has 5 nitrogen and oxygen atoms in total. The van der Waals surface area contributed by atoms with Crippen molar-refractivity contribution in [1.29, 1.82) is 0 Å². The van der Waals surface area contributed by atoms with Gasteiger partial charge >= 0.3 is 0 Å². The van der Waals surface area contributed by atoms with E-state index in [4.69, 9.17) is 0 Å². The van der Waals surface area contributed by atoms with Crippen molar-refractivity contribution in [2.75, 3.05) is 5.32 Å². The van der Waals surface area contributed by atoms with E-state index in [-0.39, 0.29) is 10.6 Å². The second kappa shape index (κ2) is 6.20. The van der Waals surface area contributed by atoms with Crippen LogP contribution in [0.1, 0.15) is 45.2 Å². The topological polar surface area (TPSA) is 68.1 Å². The molecule has 1 aromatic rings. The zero-order valence-corrected chi connectivity index (χ0v) is 12.4. The summed E-state index contributed by atoms with van der Waals surface area (Å²) in [6.07, 6.45) is 4.95. The molecule has 0 saturated heterocycles. The number of nitro groups is 1. The number of aryl methyl sites for hydroxylation is 1. The molecule has 1 aliphatic carbocycles. The highest BCUT2D eigenvalue weighted by molar-refractivity contribution is 5.45. The maximum Gasteiger partial charge on any atom is 0.290 e. The highest BCUT2D eigenvalue weighted by Crippen LogP contribution is 2.32. The van der Waals surface area contributed by atoms with Crippen LogP contribution in [-0.4, -0.2) is 15.9 Å².